The monoisotopic (exact) mass is 589 g/mol. The van der Waals surface area contributed by atoms with Crippen molar-refractivity contribution in [1.29, 1.82) is 0 Å². The van der Waals surface area contributed by atoms with Crippen LogP contribution in [0.3, 0.4) is 0 Å². The van der Waals surface area contributed by atoms with Gasteiger partial charge in [-0.3, -0.25) is 14.4 Å². The average Bonchev–Trinajstić information content (AvgIpc) is 3.47. The van der Waals surface area contributed by atoms with Crippen LogP contribution < -0.4 is 14.4 Å². The Morgan fingerprint density at radius 3 is 2.35 bits per heavy atom. The van der Waals surface area contributed by atoms with Crippen molar-refractivity contribution in [2.45, 2.75) is 24.9 Å². The summed E-state index contributed by atoms with van der Waals surface area (Å²) in [5.41, 5.74) is 1.70. The number of fused-ring (bicyclic) bond motifs is 5. The van der Waals surface area contributed by atoms with E-state index in [9.17, 15) is 14.4 Å². The van der Waals surface area contributed by atoms with E-state index in [1.165, 1.54) is 0 Å². The molecular weight excluding hydrogens is 562 g/mol. The van der Waals surface area contributed by atoms with Gasteiger partial charge in [-0.25, -0.2) is 0 Å². The van der Waals surface area contributed by atoms with Crippen molar-refractivity contribution in [3.63, 3.8) is 0 Å². The fourth-order valence-corrected chi connectivity index (χ4v) is 7.44. The molecule has 0 N–H and O–H groups in total. The minimum Gasteiger partial charge on any atom is -0.497 e. The molecule has 7 rings (SSSR count). The van der Waals surface area contributed by atoms with Crippen LogP contribution in [0, 0.1) is 5.41 Å². The Morgan fingerprint density at radius 2 is 1.63 bits per heavy atom. The van der Waals surface area contributed by atoms with Gasteiger partial charge in [-0.2, -0.15) is 0 Å². The van der Waals surface area contributed by atoms with Crippen molar-refractivity contribution in [2.75, 3.05) is 18.6 Å². The van der Waals surface area contributed by atoms with Gasteiger partial charge in [0.2, 0.25) is 0 Å². The first-order valence-electron chi connectivity index (χ1n) is 14.3. The zero-order valence-corrected chi connectivity index (χ0v) is 24.4. The lowest BCUT2D eigenvalue weighted by atomic mass is 9.64. The summed E-state index contributed by atoms with van der Waals surface area (Å²) in [6, 6.07) is 25.1. The summed E-state index contributed by atoms with van der Waals surface area (Å²) in [5, 5.41) is 0.546. The van der Waals surface area contributed by atoms with E-state index in [0.717, 1.165) is 11.3 Å². The Labute approximate surface area is 254 Å². The van der Waals surface area contributed by atoms with Crippen LogP contribution in [0.2, 0.25) is 5.02 Å². The second-order valence-electron chi connectivity index (χ2n) is 11.0. The van der Waals surface area contributed by atoms with Crippen LogP contribution in [0.25, 0.3) is 6.08 Å². The molecule has 43 heavy (non-hydrogen) atoms. The number of hydrogen-bond donors (Lipinski definition) is 0. The van der Waals surface area contributed by atoms with E-state index < -0.39 is 23.4 Å². The lowest BCUT2D eigenvalue weighted by molar-refractivity contribution is 0.0664. The van der Waals surface area contributed by atoms with Gasteiger partial charge in [0.05, 0.1) is 19.8 Å². The van der Waals surface area contributed by atoms with Crippen molar-refractivity contribution in [2.24, 2.45) is 5.41 Å². The quantitative estimate of drug-likeness (QED) is 0.177. The molecule has 0 bridgehead atoms. The van der Waals surface area contributed by atoms with Crippen LogP contribution in [-0.4, -0.2) is 43.2 Å². The topological polar surface area (TPSA) is 72.9 Å². The lowest BCUT2D eigenvalue weighted by Crippen LogP contribution is -2.48. The highest BCUT2D eigenvalue weighted by Crippen LogP contribution is 2.62. The van der Waals surface area contributed by atoms with Gasteiger partial charge < -0.3 is 14.4 Å². The number of para-hydroxylation sites is 1. The first kappa shape index (κ1) is 27.2. The summed E-state index contributed by atoms with van der Waals surface area (Å²) in [6.45, 7) is 2.26. The maximum absolute atomic E-state index is 14.9. The van der Waals surface area contributed by atoms with Gasteiger partial charge in [0.25, 0.3) is 0 Å². The third kappa shape index (κ3) is 3.83. The van der Waals surface area contributed by atoms with Crippen molar-refractivity contribution in [3.05, 3.63) is 130 Å². The van der Waals surface area contributed by atoms with E-state index in [0.29, 0.717) is 45.4 Å². The molecule has 1 aliphatic carbocycles. The predicted molar refractivity (Wildman–Crippen MR) is 166 cm³/mol. The molecule has 2 aliphatic heterocycles. The number of Topliss-reactive ketones (excluding diaryl/α,β-unsaturated/α-hetero) is 3. The van der Waals surface area contributed by atoms with Crippen LogP contribution in [-0.2, 0) is 0 Å². The van der Waals surface area contributed by atoms with Crippen molar-refractivity contribution in [1.82, 2.24) is 0 Å². The number of methoxy groups -OCH3 is 1. The number of carbonyl (C=O) groups is 3. The van der Waals surface area contributed by atoms with E-state index in [-0.39, 0.29) is 17.3 Å². The summed E-state index contributed by atoms with van der Waals surface area (Å²) < 4.78 is 11.6. The number of hydrogen-bond acceptors (Lipinski definition) is 6. The molecule has 214 valence electrons. The number of carbonyl (C=O) groups excluding carboxylic acids is 3. The van der Waals surface area contributed by atoms with Crippen LogP contribution in [0.4, 0.5) is 5.69 Å². The highest BCUT2D eigenvalue weighted by atomic mass is 35.5. The van der Waals surface area contributed by atoms with E-state index in [2.05, 4.69) is 0 Å². The third-order valence-corrected chi connectivity index (χ3v) is 9.18. The smallest absolute Gasteiger partial charge is 0.186 e. The minimum atomic E-state index is -1.62. The molecule has 0 amide bonds. The number of rotatable bonds is 6. The lowest BCUT2D eigenvalue weighted by Gasteiger charge is -2.37. The Bertz CT molecular complexity index is 1810. The zero-order chi connectivity index (χ0) is 29.9. The summed E-state index contributed by atoms with van der Waals surface area (Å²) in [6.07, 6.45) is 3.78. The Hall–Kier alpha value is -4.68. The minimum absolute atomic E-state index is 0.232. The first-order chi connectivity index (χ1) is 20.9. The largest absolute Gasteiger partial charge is 0.497 e. The molecule has 1 saturated heterocycles. The number of ketones is 3. The van der Waals surface area contributed by atoms with Gasteiger partial charge in [-0.15, -0.1) is 0 Å². The van der Waals surface area contributed by atoms with Gasteiger partial charge in [-0.05, 0) is 48.9 Å². The molecule has 1 fully saturated rings. The van der Waals surface area contributed by atoms with E-state index in [1.807, 2.05) is 60.4 Å². The van der Waals surface area contributed by atoms with Gasteiger partial charge in [0, 0.05) is 38.9 Å². The maximum Gasteiger partial charge on any atom is 0.186 e. The molecule has 2 heterocycles. The standard InChI is InChI=1S/C36H28ClNO5/c1-3-43-29-14-7-6-13-27(29)31-32(33(39)22-9-8-10-24(20-22)42-2)38-28-17-16-23(37)19-21(28)15-18-30(38)36(31)34(40)25-11-4-5-12-26(25)35(36)41/h4-20,30-32H,3H2,1-2H3/t30-,31+,32+/m1/s1. The predicted octanol–water partition coefficient (Wildman–Crippen LogP) is 7.06. The first-order valence-corrected chi connectivity index (χ1v) is 14.6. The highest BCUT2D eigenvalue weighted by molar-refractivity contribution is 6.33. The number of benzene rings is 4. The van der Waals surface area contributed by atoms with Gasteiger partial charge in [0.1, 0.15) is 23.0 Å². The van der Waals surface area contributed by atoms with E-state index >= 15 is 0 Å². The normalized spacial score (nSPS) is 21.0. The fourth-order valence-electron chi connectivity index (χ4n) is 7.26. The van der Waals surface area contributed by atoms with Crippen LogP contribution in [0.5, 0.6) is 11.5 Å². The van der Waals surface area contributed by atoms with E-state index in [1.54, 1.807) is 61.7 Å². The molecular formula is C36H28ClNO5. The van der Waals surface area contributed by atoms with Gasteiger partial charge >= 0.3 is 0 Å². The molecule has 6 nitrogen and oxygen atoms in total. The average molecular weight is 590 g/mol. The number of halogens is 1. The second kappa shape index (κ2) is 10.2. The summed E-state index contributed by atoms with van der Waals surface area (Å²) in [7, 11) is 1.55. The van der Waals surface area contributed by atoms with Gasteiger partial charge in [0.15, 0.2) is 17.3 Å². The van der Waals surface area contributed by atoms with Crippen LogP contribution >= 0.6 is 11.6 Å². The van der Waals surface area contributed by atoms with Gasteiger partial charge in [-0.1, -0.05) is 78.4 Å². The fraction of sp³-hybridized carbons (Fsp3) is 0.194. The molecule has 0 aromatic heterocycles. The SMILES string of the molecule is CCOc1ccccc1[C@H]1[C@@H](C(=O)c2cccc(OC)c2)N2c3ccc(Cl)cc3C=C[C@@H]2C12C(=O)c1ccccc1C2=O. The summed E-state index contributed by atoms with van der Waals surface area (Å²) in [4.78, 5) is 46.5. The van der Waals surface area contributed by atoms with Crippen molar-refractivity contribution in [3.8, 4) is 11.5 Å². The second-order valence-corrected chi connectivity index (χ2v) is 11.4. The summed E-state index contributed by atoms with van der Waals surface area (Å²) in [5.74, 6) is -0.616. The molecule has 0 saturated carbocycles. The highest BCUT2D eigenvalue weighted by Gasteiger charge is 2.72. The zero-order valence-electron chi connectivity index (χ0n) is 23.6. The third-order valence-electron chi connectivity index (χ3n) is 8.94. The Kier molecular flexibility index (Phi) is 6.47. The number of anilines is 1. The molecule has 3 aliphatic rings. The molecule has 4 aromatic carbocycles. The van der Waals surface area contributed by atoms with Crippen LogP contribution in [0.1, 0.15) is 55.0 Å². The van der Waals surface area contributed by atoms with Crippen molar-refractivity contribution < 1.29 is 23.9 Å². The molecule has 0 radical (unpaired) electrons. The number of nitrogens with zero attached hydrogens (tertiary/aromatic N) is 1. The molecule has 1 spiro atoms. The maximum atomic E-state index is 14.9. The van der Waals surface area contributed by atoms with E-state index in [4.69, 9.17) is 21.1 Å². The Balaban J connectivity index is 1.56. The molecule has 4 aromatic rings. The molecule has 7 heteroatoms. The molecule has 0 unspecified atom stereocenters. The number of ether oxygens (including phenoxy) is 2. The Morgan fingerprint density at radius 1 is 0.907 bits per heavy atom. The molecule has 3 atom stereocenters. The van der Waals surface area contributed by atoms with Crippen molar-refractivity contribution >= 4 is 40.7 Å². The van der Waals surface area contributed by atoms with Crippen LogP contribution in [0.15, 0.2) is 97.1 Å². The summed E-state index contributed by atoms with van der Waals surface area (Å²) >= 11 is 6.40.